The maximum absolute atomic E-state index is 12.9. The molecule has 2 amide bonds. The summed E-state index contributed by atoms with van der Waals surface area (Å²) in [7, 11) is 0. The van der Waals surface area contributed by atoms with Crippen LogP contribution in [0.2, 0.25) is 0 Å². The number of hydrogen-bond donors (Lipinski definition) is 2. The monoisotopic (exact) mass is 396 g/mol. The molecular weight excluding hydrogens is 366 g/mol. The van der Waals surface area contributed by atoms with Crippen molar-refractivity contribution in [1.29, 1.82) is 0 Å². The first-order chi connectivity index (χ1) is 14.2. The second-order valence-electron chi connectivity index (χ2n) is 7.22. The lowest BCUT2D eigenvalue weighted by Gasteiger charge is -2.23. The second-order valence-corrected chi connectivity index (χ2v) is 7.22. The van der Waals surface area contributed by atoms with Gasteiger partial charge in [-0.15, -0.1) is 0 Å². The number of hydrogen-bond acceptors (Lipinski definition) is 3. The van der Waals surface area contributed by atoms with E-state index in [4.69, 9.17) is 4.74 Å². The predicted molar refractivity (Wildman–Crippen MR) is 113 cm³/mol. The summed E-state index contributed by atoms with van der Waals surface area (Å²) in [6.07, 6.45) is 1.30. The highest BCUT2D eigenvalue weighted by Gasteiger charge is 2.19. The zero-order chi connectivity index (χ0) is 20.3. The fourth-order valence-corrected chi connectivity index (χ4v) is 3.49. The average molecular weight is 397 g/mol. The minimum Gasteiger partial charge on any atom is -0.370 e. The molecule has 1 aliphatic rings. The van der Waals surface area contributed by atoms with E-state index < -0.39 is 0 Å². The summed E-state index contributed by atoms with van der Waals surface area (Å²) in [6.45, 7) is 5.41. The van der Waals surface area contributed by atoms with E-state index in [9.17, 15) is 9.59 Å². The lowest BCUT2D eigenvalue weighted by atomic mass is 10.2. The van der Waals surface area contributed by atoms with Gasteiger partial charge in [0, 0.05) is 37.2 Å². The number of benzene rings is 2. The number of nitrogens with one attached hydrogen (secondary N) is 2. The van der Waals surface area contributed by atoms with E-state index in [1.54, 1.807) is 4.90 Å². The molecule has 0 unspecified atom stereocenters. The Hall–Kier alpha value is -2.70. The quantitative estimate of drug-likeness (QED) is 0.633. The summed E-state index contributed by atoms with van der Waals surface area (Å²) in [5, 5.41) is 2.94. The highest BCUT2D eigenvalue weighted by atomic mass is 16.5. The Kier molecular flexibility index (Phi) is 8.22. The van der Waals surface area contributed by atoms with Gasteiger partial charge in [-0.1, -0.05) is 36.4 Å². The van der Waals surface area contributed by atoms with Gasteiger partial charge < -0.3 is 15.0 Å². The molecule has 154 valence electrons. The number of ether oxygens (including phenoxy) is 1. The van der Waals surface area contributed by atoms with E-state index in [1.165, 1.54) is 4.90 Å². The molecule has 29 heavy (non-hydrogen) atoms. The lowest BCUT2D eigenvalue weighted by molar-refractivity contribution is -0.908. The van der Waals surface area contributed by atoms with Crippen molar-refractivity contribution in [2.24, 2.45) is 0 Å². The number of rotatable bonds is 9. The van der Waals surface area contributed by atoms with E-state index in [1.807, 2.05) is 60.7 Å². The average Bonchev–Trinajstić information content (AvgIpc) is 2.78. The van der Waals surface area contributed by atoms with Crippen molar-refractivity contribution in [1.82, 2.24) is 5.32 Å². The van der Waals surface area contributed by atoms with Crippen LogP contribution in [0.15, 0.2) is 60.7 Å². The van der Waals surface area contributed by atoms with E-state index in [2.05, 4.69) is 5.32 Å². The molecule has 2 N–H and O–H groups in total. The van der Waals surface area contributed by atoms with E-state index in [-0.39, 0.29) is 24.7 Å². The van der Waals surface area contributed by atoms with E-state index in [0.717, 1.165) is 50.6 Å². The highest BCUT2D eigenvalue weighted by molar-refractivity contribution is 6.01. The number of carbonyl (C=O) groups excluding carboxylic acids is 2. The van der Waals surface area contributed by atoms with Crippen molar-refractivity contribution >= 4 is 23.2 Å². The molecule has 1 aliphatic heterocycles. The summed E-state index contributed by atoms with van der Waals surface area (Å²) >= 11 is 0. The van der Waals surface area contributed by atoms with E-state index >= 15 is 0 Å². The van der Waals surface area contributed by atoms with Crippen LogP contribution in [-0.2, 0) is 14.3 Å². The number of para-hydroxylation sites is 2. The van der Waals surface area contributed by atoms with Crippen LogP contribution < -0.4 is 15.1 Å². The zero-order valence-corrected chi connectivity index (χ0v) is 16.8. The number of quaternary nitrogens is 1. The molecule has 6 nitrogen and oxygen atoms in total. The molecule has 0 atom stereocenters. The zero-order valence-electron chi connectivity index (χ0n) is 16.8. The van der Waals surface area contributed by atoms with Gasteiger partial charge in [0.15, 0.2) is 0 Å². The molecule has 2 aromatic carbocycles. The Labute approximate surface area is 172 Å². The molecule has 0 radical (unpaired) electrons. The van der Waals surface area contributed by atoms with E-state index in [0.29, 0.717) is 6.54 Å². The molecular formula is C23H30N3O3+. The van der Waals surface area contributed by atoms with Gasteiger partial charge in [-0.2, -0.15) is 0 Å². The van der Waals surface area contributed by atoms with Crippen molar-refractivity contribution in [3.05, 3.63) is 60.7 Å². The normalized spacial score (nSPS) is 14.3. The smallest absolute Gasteiger partial charge is 0.232 e. The first-order valence-corrected chi connectivity index (χ1v) is 10.3. The Bertz CT molecular complexity index is 722. The maximum Gasteiger partial charge on any atom is 0.232 e. The molecule has 0 saturated carbocycles. The Balaban J connectivity index is 1.46. The maximum atomic E-state index is 12.9. The molecule has 3 rings (SSSR count). The number of amides is 2. The van der Waals surface area contributed by atoms with Crippen molar-refractivity contribution in [2.45, 2.75) is 19.3 Å². The third kappa shape index (κ3) is 6.69. The molecule has 0 bridgehead atoms. The molecule has 1 heterocycles. The van der Waals surface area contributed by atoms with Gasteiger partial charge in [0.2, 0.25) is 11.8 Å². The van der Waals surface area contributed by atoms with Crippen molar-refractivity contribution in [2.75, 3.05) is 44.3 Å². The molecule has 0 aliphatic carbocycles. The first kappa shape index (κ1) is 21.0. The van der Waals surface area contributed by atoms with Gasteiger partial charge in [0.25, 0.3) is 0 Å². The minimum absolute atomic E-state index is 0.0728. The topological polar surface area (TPSA) is 63.1 Å². The van der Waals surface area contributed by atoms with Gasteiger partial charge in [0.05, 0.1) is 19.8 Å². The highest BCUT2D eigenvalue weighted by Crippen LogP contribution is 2.26. The van der Waals surface area contributed by atoms with Crippen LogP contribution in [0.5, 0.6) is 0 Å². The van der Waals surface area contributed by atoms with Crippen molar-refractivity contribution < 1.29 is 19.2 Å². The Morgan fingerprint density at radius 1 is 0.897 bits per heavy atom. The lowest BCUT2D eigenvalue weighted by Crippen LogP contribution is -3.14. The molecule has 6 heteroatoms. The first-order valence-electron chi connectivity index (χ1n) is 10.3. The molecule has 1 saturated heterocycles. The van der Waals surface area contributed by atoms with Crippen LogP contribution in [-0.4, -0.2) is 51.2 Å². The third-order valence-electron chi connectivity index (χ3n) is 5.07. The SMILES string of the molecule is O=C(CCC(=O)N(c1ccccc1)c1ccccc1)NCCC[NH+]1CCOCC1. The fraction of sp³-hybridized carbons (Fsp3) is 0.391. The second kappa shape index (κ2) is 11.3. The van der Waals surface area contributed by atoms with Crippen LogP contribution in [0.4, 0.5) is 11.4 Å². The van der Waals surface area contributed by atoms with Gasteiger partial charge in [-0.25, -0.2) is 0 Å². The predicted octanol–water partition coefficient (Wildman–Crippen LogP) is 1.55. The number of morpholine rings is 1. The molecule has 1 fully saturated rings. The summed E-state index contributed by atoms with van der Waals surface area (Å²) in [5.74, 6) is -0.160. The van der Waals surface area contributed by atoms with Gasteiger partial charge in [0.1, 0.15) is 13.1 Å². The number of carbonyl (C=O) groups is 2. The molecule has 0 spiro atoms. The van der Waals surface area contributed by atoms with Crippen LogP contribution in [0.25, 0.3) is 0 Å². The summed E-state index contributed by atoms with van der Waals surface area (Å²) in [6, 6.07) is 19.1. The molecule has 0 aromatic heterocycles. The standard InChI is InChI=1S/C23H29N3O3/c27-22(24-14-7-15-25-16-18-29-19-17-25)12-13-23(28)26(20-8-3-1-4-9-20)21-10-5-2-6-11-21/h1-6,8-11H,7,12-19H2,(H,24,27)/p+1. The molecule has 2 aromatic rings. The van der Waals surface area contributed by atoms with Gasteiger partial charge >= 0.3 is 0 Å². The summed E-state index contributed by atoms with van der Waals surface area (Å²) in [4.78, 5) is 28.3. The van der Waals surface area contributed by atoms with Gasteiger partial charge in [-0.05, 0) is 24.3 Å². The van der Waals surface area contributed by atoms with Crippen LogP contribution >= 0.6 is 0 Å². The number of anilines is 2. The largest absolute Gasteiger partial charge is 0.370 e. The fourth-order valence-electron chi connectivity index (χ4n) is 3.49. The van der Waals surface area contributed by atoms with Crippen LogP contribution in [0, 0.1) is 0 Å². The number of nitrogens with zero attached hydrogens (tertiary/aromatic N) is 1. The minimum atomic E-state index is -0.0877. The summed E-state index contributed by atoms with van der Waals surface area (Å²) < 4.78 is 5.36. The van der Waals surface area contributed by atoms with Crippen molar-refractivity contribution in [3.8, 4) is 0 Å². The third-order valence-corrected chi connectivity index (χ3v) is 5.07. The van der Waals surface area contributed by atoms with Crippen LogP contribution in [0.3, 0.4) is 0 Å². The summed E-state index contributed by atoms with van der Waals surface area (Å²) in [5.41, 5.74) is 1.61. The van der Waals surface area contributed by atoms with Crippen molar-refractivity contribution in [3.63, 3.8) is 0 Å². The van der Waals surface area contributed by atoms with Crippen LogP contribution in [0.1, 0.15) is 19.3 Å². The Morgan fingerprint density at radius 3 is 2.07 bits per heavy atom. The van der Waals surface area contributed by atoms with Gasteiger partial charge in [-0.3, -0.25) is 14.5 Å². The Morgan fingerprint density at radius 2 is 1.48 bits per heavy atom.